The van der Waals surface area contributed by atoms with Crippen molar-refractivity contribution in [3.8, 4) is 0 Å². The van der Waals surface area contributed by atoms with Crippen LogP contribution in [0.15, 0.2) is 39.0 Å². The summed E-state index contributed by atoms with van der Waals surface area (Å²) >= 11 is 4.64. The van der Waals surface area contributed by atoms with Crippen molar-refractivity contribution in [2.45, 2.75) is 18.7 Å². The number of thiophene rings is 1. The third kappa shape index (κ3) is 3.28. The fraction of sp³-hybridized carbons (Fsp3) is 0.154. The zero-order valence-electron chi connectivity index (χ0n) is 10.8. The lowest BCUT2D eigenvalue weighted by Crippen LogP contribution is -2.13. The molecule has 1 aromatic carbocycles. The second-order valence-corrected chi connectivity index (χ2v) is 8.50. The molecule has 0 saturated carbocycles. The number of sulfonamides is 1. The predicted octanol–water partition coefficient (Wildman–Crippen LogP) is 3.82. The van der Waals surface area contributed by atoms with Gasteiger partial charge < -0.3 is 0 Å². The maximum Gasteiger partial charge on any atom is 0.263 e. The minimum atomic E-state index is -3.61. The van der Waals surface area contributed by atoms with Gasteiger partial charge in [-0.1, -0.05) is 0 Å². The molecule has 0 amide bonds. The van der Waals surface area contributed by atoms with Crippen LogP contribution in [-0.4, -0.2) is 14.2 Å². The van der Waals surface area contributed by atoms with Crippen molar-refractivity contribution in [2.75, 3.05) is 4.72 Å². The van der Waals surface area contributed by atoms with Gasteiger partial charge in [0.15, 0.2) is 5.78 Å². The van der Waals surface area contributed by atoms with Crippen LogP contribution >= 0.6 is 27.3 Å². The molecular formula is C13H12BrNO3S2. The minimum absolute atomic E-state index is 0.0583. The molecule has 0 saturated heterocycles. The Morgan fingerprint density at radius 3 is 2.30 bits per heavy atom. The van der Waals surface area contributed by atoms with Gasteiger partial charge in [0, 0.05) is 16.1 Å². The third-order valence-electron chi connectivity index (χ3n) is 2.68. The van der Waals surface area contributed by atoms with Crippen molar-refractivity contribution in [1.29, 1.82) is 0 Å². The van der Waals surface area contributed by atoms with E-state index in [4.69, 9.17) is 0 Å². The molecule has 0 fully saturated rings. The lowest BCUT2D eigenvalue weighted by molar-refractivity contribution is 0.101. The number of anilines is 1. The highest BCUT2D eigenvalue weighted by atomic mass is 79.9. The summed E-state index contributed by atoms with van der Waals surface area (Å²) in [4.78, 5) is 12.1. The molecule has 106 valence electrons. The van der Waals surface area contributed by atoms with E-state index in [0.717, 1.165) is 3.79 Å². The fourth-order valence-corrected chi connectivity index (χ4v) is 5.15. The summed E-state index contributed by atoms with van der Waals surface area (Å²) in [6, 6.07) is 7.91. The zero-order chi connectivity index (χ0) is 14.9. The van der Waals surface area contributed by atoms with Gasteiger partial charge in [0.1, 0.15) is 4.90 Å². The first-order chi connectivity index (χ1) is 9.29. The largest absolute Gasteiger partial charge is 0.295 e. The first-order valence-corrected chi connectivity index (χ1v) is 8.78. The van der Waals surface area contributed by atoms with Gasteiger partial charge in [0.05, 0.1) is 3.79 Å². The van der Waals surface area contributed by atoms with Gasteiger partial charge in [-0.25, -0.2) is 8.42 Å². The molecule has 20 heavy (non-hydrogen) atoms. The molecule has 1 N–H and O–H groups in total. The number of Topliss-reactive ketones (excluding diaryl/α,β-unsaturated/α-hetero) is 1. The Morgan fingerprint density at radius 2 is 1.85 bits per heavy atom. The van der Waals surface area contributed by atoms with Gasteiger partial charge in [0.2, 0.25) is 0 Å². The number of ketones is 1. The molecule has 0 aliphatic heterocycles. The smallest absolute Gasteiger partial charge is 0.263 e. The zero-order valence-corrected chi connectivity index (χ0v) is 14.0. The average Bonchev–Trinajstić information content (AvgIpc) is 2.69. The molecule has 0 spiro atoms. The monoisotopic (exact) mass is 373 g/mol. The number of halogens is 1. The van der Waals surface area contributed by atoms with Gasteiger partial charge in [-0.05, 0) is 60.1 Å². The summed E-state index contributed by atoms with van der Waals surface area (Å²) < 4.78 is 27.8. The van der Waals surface area contributed by atoms with E-state index in [1.165, 1.54) is 18.3 Å². The Kier molecular flexibility index (Phi) is 4.31. The Morgan fingerprint density at radius 1 is 1.25 bits per heavy atom. The van der Waals surface area contributed by atoms with E-state index in [2.05, 4.69) is 20.7 Å². The van der Waals surface area contributed by atoms with Gasteiger partial charge >= 0.3 is 0 Å². The molecule has 1 aromatic heterocycles. The maximum absolute atomic E-state index is 12.3. The van der Waals surface area contributed by atoms with Crippen LogP contribution in [0.3, 0.4) is 0 Å². The predicted molar refractivity (Wildman–Crippen MR) is 84.0 cm³/mol. The Balaban J connectivity index is 2.28. The Bertz CT molecular complexity index is 748. The van der Waals surface area contributed by atoms with E-state index >= 15 is 0 Å². The van der Waals surface area contributed by atoms with Crippen LogP contribution in [0.4, 0.5) is 5.69 Å². The van der Waals surface area contributed by atoms with Gasteiger partial charge in [-0.15, -0.1) is 11.3 Å². The maximum atomic E-state index is 12.3. The second-order valence-electron chi connectivity index (χ2n) is 4.21. The number of rotatable bonds is 4. The Hall–Kier alpha value is -1.18. The van der Waals surface area contributed by atoms with E-state index in [0.29, 0.717) is 16.1 Å². The highest BCUT2D eigenvalue weighted by Gasteiger charge is 2.19. The molecule has 2 rings (SSSR count). The van der Waals surface area contributed by atoms with Gasteiger partial charge in [0.25, 0.3) is 10.0 Å². The van der Waals surface area contributed by atoms with Crippen molar-refractivity contribution in [2.24, 2.45) is 0 Å². The summed E-state index contributed by atoms with van der Waals surface area (Å²) in [5.41, 5.74) is 0.971. The van der Waals surface area contributed by atoms with Crippen LogP contribution in [0.2, 0.25) is 0 Å². The molecule has 7 heteroatoms. The summed E-state index contributed by atoms with van der Waals surface area (Å²) in [7, 11) is -3.61. The minimum Gasteiger partial charge on any atom is -0.295 e. The lowest BCUT2D eigenvalue weighted by Gasteiger charge is -2.07. The topological polar surface area (TPSA) is 63.2 Å². The third-order valence-corrected chi connectivity index (χ3v) is 5.87. The summed E-state index contributed by atoms with van der Waals surface area (Å²) in [5, 5.41) is 0. The molecule has 0 unspecified atom stereocenters. The summed E-state index contributed by atoms with van der Waals surface area (Å²) in [6.07, 6.45) is 0. The van der Waals surface area contributed by atoms with Crippen molar-refractivity contribution in [3.05, 3.63) is 44.6 Å². The molecule has 0 aliphatic carbocycles. The van der Waals surface area contributed by atoms with Crippen molar-refractivity contribution < 1.29 is 13.2 Å². The quantitative estimate of drug-likeness (QED) is 0.828. The Labute approximate surface area is 130 Å². The number of hydrogen-bond donors (Lipinski definition) is 1. The second kappa shape index (κ2) is 5.67. The van der Waals surface area contributed by atoms with E-state index in [1.807, 2.05) is 0 Å². The summed E-state index contributed by atoms with van der Waals surface area (Å²) in [5.74, 6) is -0.0583. The first kappa shape index (κ1) is 15.2. The molecule has 0 bridgehead atoms. The number of carbonyl (C=O) groups excluding carboxylic acids is 1. The van der Waals surface area contributed by atoms with Crippen LogP contribution in [0.25, 0.3) is 0 Å². The van der Waals surface area contributed by atoms with Gasteiger partial charge in [-0.3, -0.25) is 9.52 Å². The first-order valence-electron chi connectivity index (χ1n) is 5.69. The van der Waals surface area contributed by atoms with E-state index in [-0.39, 0.29) is 10.7 Å². The van der Waals surface area contributed by atoms with Crippen LogP contribution in [0, 0.1) is 6.92 Å². The molecule has 0 aliphatic rings. The normalized spacial score (nSPS) is 11.3. The molecule has 2 aromatic rings. The van der Waals surface area contributed by atoms with Crippen LogP contribution in [0.5, 0.6) is 0 Å². The highest BCUT2D eigenvalue weighted by Crippen LogP contribution is 2.30. The van der Waals surface area contributed by atoms with Crippen molar-refractivity contribution >= 4 is 48.8 Å². The van der Waals surface area contributed by atoms with Crippen LogP contribution in [-0.2, 0) is 10.0 Å². The lowest BCUT2D eigenvalue weighted by atomic mass is 10.1. The molecule has 1 heterocycles. The average molecular weight is 374 g/mol. The van der Waals surface area contributed by atoms with E-state index in [1.54, 1.807) is 37.3 Å². The summed E-state index contributed by atoms with van der Waals surface area (Å²) in [6.45, 7) is 3.22. The number of carbonyl (C=O) groups is 1. The molecule has 4 nitrogen and oxygen atoms in total. The standard InChI is InChI=1S/C13H12BrNO3S2/c1-8(16)10-3-5-11(6-4-10)15-20(17,18)12-7-13(14)19-9(12)2/h3-7,15H,1-2H3. The van der Waals surface area contributed by atoms with Crippen molar-refractivity contribution in [3.63, 3.8) is 0 Å². The number of benzene rings is 1. The number of nitrogens with one attached hydrogen (secondary N) is 1. The molecular weight excluding hydrogens is 362 g/mol. The van der Waals surface area contributed by atoms with Crippen molar-refractivity contribution in [1.82, 2.24) is 0 Å². The fourth-order valence-electron chi connectivity index (χ4n) is 1.68. The number of aryl methyl sites for hydroxylation is 1. The van der Waals surface area contributed by atoms with E-state index < -0.39 is 10.0 Å². The van der Waals surface area contributed by atoms with Gasteiger partial charge in [-0.2, -0.15) is 0 Å². The number of hydrogen-bond acceptors (Lipinski definition) is 4. The van der Waals surface area contributed by atoms with Crippen LogP contribution in [0.1, 0.15) is 22.2 Å². The van der Waals surface area contributed by atoms with Crippen LogP contribution < -0.4 is 4.72 Å². The molecule has 0 radical (unpaired) electrons. The van der Waals surface area contributed by atoms with E-state index in [9.17, 15) is 13.2 Å². The highest BCUT2D eigenvalue weighted by molar-refractivity contribution is 9.11. The molecule has 0 atom stereocenters. The SMILES string of the molecule is CC(=O)c1ccc(NS(=O)(=O)c2cc(Br)sc2C)cc1.